The van der Waals surface area contributed by atoms with E-state index in [9.17, 15) is 0 Å². The van der Waals surface area contributed by atoms with Gasteiger partial charge in [-0.2, -0.15) is 12.6 Å². The normalized spacial score (nSPS) is 20.2. The summed E-state index contributed by atoms with van der Waals surface area (Å²) in [7, 11) is 0. The predicted molar refractivity (Wildman–Crippen MR) is 90.1 cm³/mol. The minimum atomic E-state index is -0.262. The number of rotatable bonds is 3. The second-order valence-electron chi connectivity index (χ2n) is 5.10. The Morgan fingerprint density at radius 2 is 2.27 bits per heavy atom. The van der Waals surface area contributed by atoms with Gasteiger partial charge in [0.05, 0.1) is 30.2 Å². The lowest BCUT2D eigenvalue weighted by molar-refractivity contribution is 0.0985. The summed E-state index contributed by atoms with van der Waals surface area (Å²) in [5, 5.41) is 9.81. The number of morpholine rings is 1. The van der Waals surface area contributed by atoms with Gasteiger partial charge in [0, 0.05) is 12.6 Å². The van der Waals surface area contributed by atoms with E-state index in [0.29, 0.717) is 13.2 Å². The monoisotopic (exact) mass is 357 g/mol. The number of nitrogens with zero attached hydrogens (tertiary/aromatic N) is 5. The first-order chi connectivity index (χ1) is 10.5. The lowest BCUT2D eigenvalue weighted by atomic mass is 10.2. The first-order valence-corrected chi connectivity index (χ1v) is 8.62. The van der Waals surface area contributed by atoms with Crippen molar-refractivity contribution < 1.29 is 4.74 Å². The Morgan fingerprint density at radius 1 is 1.45 bits per heavy atom. The topological polar surface area (TPSA) is 64.0 Å². The smallest absolute Gasteiger partial charge is 0.224 e. The largest absolute Gasteiger partial charge is 0.377 e. The third kappa shape index (κ3) is 3.34. The van der Waals surface area contributed by atoms with Gasteiger partial charge in [0.25, 0.3) is 0 Å². The highest BCUT2D eigenvalue weighted by Crippen LogP contribution is 2.32. The van der Waals surface area contributed by atoms with Gasteiger partial charge in [-0.3, -0.25) is 0 Å². The molecule has 0 aliphatic carbocycles. The van der Waals surface area contributed by atoms with E-state index in [1.807, 2.05) is 13.0 Å². The molecule has 9 heteroatoms. The molecule has 2 aromatic heterocycles. The van der Waals surface area contributed by atoms with Crippen LogP contribution in [0.2, 0.25) is 5.28 Å². The molecule has 22 heavy (non-hydrogen) atoms. The molecule has 0 N–H and O–H groups in total. The minimum Gasteiger partial charge on any atom is -0.377 e. The van der Waals surface area contributed by atoms with Crippen molar-refractivity contribution in [1.82, 2.24) is 20.2 Å². The van der Waals surface area contributed by atoms with Gasteiger partial charge in [-0.05, 0) is 25.4 Å². The molecule has 0 aromatic carbocycles. The standard InChI is InChI=1S/C13H16ClN5OS2/c1-7-6-20-4-3-19(7)10-5-9(15-13(14)16-10)11(21)12-18-17-8(2)22-12/h5,7,11,21H,3-4,6H2,1-2H3/t7-,11?/m0/s1. The molecule has 6 nitrogen and oxygen atoms in total. The van der Waals surface area contributed by atoms with E-state index < -0.39 is 0 Å². The number of aryl methyl sites for hydroxylation is 1. The van der Waals surface area contributed by atoms with Gasteiger partial charge < -0.3 is 9.64 Å². The van der Waals surface area contributed by atoms with Crippen molar-refractivity contribution in [2.24, 2.45) is 0 Å². The van der Waals surface area contributed by atoms with Crippen LogP contribution < -0.4 is 4.90 Å². The first kappa shape index (κ1) is 15.9. The van der Waals surface area contributed by atoms with Gasteiger partial charge in [-0.25, -0.2) is 9.97 Å². The Balaban J connectivity index is 1.92. The van der Waals surface area contributed by atoms with Crippen molar-refractivity contribution in [2.75, 3.05) is 24.7 Å². The lowest BCUT2D eigenvalue weighted by Gasteiger charge is -2.34. The summed E-state index contributed by atoms with van der Waals surface area (Å²) in [5.41, 5.74) is 0.730. The number of thiol groups is 1. The maximum atomic E-state index is 6.11. The van der Waals surface area contributed by atoms with Crippen LogP contribution in [0.5, 0.6) is 0 Å². The zero-order chi connectivity index (χ0) is 15.7. The molecule has 1 aliphatic heterocycles. The van der Waals surface area contributed by atoms with Crippen LogP contribution in [-0.2, 0) is 4.74 Å². The molecule has 1 saturated heterocycles. The summed E-state index contributed by atoms with van der Waals surface area (Å²) >= 11 is 12.2. The van der Waals surface area contributed by atoms with Crippen LogP contribution in [0.4, 0.5) is 5.82 Å². The molecule has 0 spiro atoms. The molecule has 3 heterocycles. The summed E-state index contributed by atoms with van der Waals surface area (Å²) < 4.78 is 5.46. The highest BCUT2D eigenvalue weighted by molar-refractivity contribution is 7.80. The van der Waals surface area contributed by atoms with E-state index in [4.69, 9.17) is 16.3 Å². The molecule has 0 bridgehead atoms. The summed E-state index contributed by atoms with van der Waals surface area (Å²) in [4.78, 5) is 10.8. The number of hydrogen-bond acceptors (Lipinski definition) is 8. The van der Waals surface area contributed by atoms with Gasteiger partial charge in [-0.1, -0.05) is 0 Å². The molecular formula is C13H16ClN5OS2. The Hall–Kier alpha value is -0.960. The Bertz CT molecular complexity index is 668. The third-order valence-corrected chi connectivity index (χ3v) is 5.18. The second kappa shape index (κ2) is 6.66. The molecule has 0 saturated carbocycles. The molecule has 0 amide bonds. The van der Waals surface area contributed by atoms with Crippen molar-refractivity contribution in [3.05, 3.63) is 27.1 Å². The highest BCUT2D eigenvalue weighted by atomic mass is 35.5. The summed E-state index contributed by atoms with van der Waals surface area (Å²) in [6.45, 7) is 6.15. The van der Waals surface area contributed by atoms with E-state index in [1.165, 1.54) is 11.3 Å². The van der Waals surface area contributed by atoms with Crippen LogP contribution in [-0.4, -0.2) is 46.0 Å². The van der Waals surface area contributed by atoms with E-state index in [0.717, 1.165) is 28.1 Å². The van der Waals surface area contributed by atoms with Gasteiger partial charge in [-0.15, -0.1) is 21.5 Å². The predicted octanol–water partition coefficient (Wildman–Crippen LogP) is 2.53. The van der Waals surface area contributed by atoms with Crippen LogP contribution in [0, 0.1) is 6.92 Å². The Morgan fingerprint density at radius 3 is 2.95 bits per heavy atom. The molecule has 1 fully saturated rings. The number of halogens is 1. The second-order valence-corrected chi connectivity index (χ2v) is 7.17. The summed E-state index contributed by atoms with van der Waals surface area (Å²) in [6.07, 6.45) is 0. The maximum absolute atomic E-state index is 6.11. The Kier molecular flexibility index (Phi) is 4.82. The van der Waals surface area contributed by atoms with Crippen molar-refractivity contribution in [3.8, 4) is 0 Å². The average molecular weight is 358 g/mol. The molecule has 2 atom stereocenters. The molecule has 118 valence electrons. The average Bonchev–Trinajstić information content (AvgIpc) is 2.93. The van der Waals surface area contributed by atoms with Gasteiger partial charge in [0.1, 0.15) is 15.8 Å². The zero-order valence-corrected chi connectivity index (χ0v) is 14.7. The fourth-order valence-electron chi connectivity index (χ4n) is 2.33. The summed E-state index contributed by atoms with van der Waals surface area (Å²) in [5.74, 6) is 0.797. The van der Waals surface area contributed by atoms with Gasteiger partial charge in [0.15, 0.2) is 0 Å². The summed E-state index contributed by atoms with van der Waals surface area (Å²) in [6, 6.07) is 2.16. The zero-order valence-electron chi connectivity index (χ0n) is 12.2. The van der Waals surface area contributed by atoms with E-state index in [2.05, 4.69) is 44.6 Å². The van der Waals surface area contributed by atoms with Crippen LogP contribution >= 0.6 is 35.6 Å². The highest BCUT2D eigenvalue weighted by Gasteiger charge is 2.23. The van der Waals surface area contributed by atoms with Crippen LogP contribution in [0.25, 0.3) is 0 Å². The SMILES string of the molecule is Cc1nnc(C(S)c2cc(N3CCOC[C@@H]3C)nc(Cl)n2)s1. The van der Waals surface area contributed by atoms with Crippen molar-refractivity contribution in [2.45, 2.75) is 25.1 Å². The van der Waals surface area contributed by atoms with Crippen LogP contribution in [0.3, 0.4) is 0 Å². The van der Waals surface area contributed by atoms with E-state index in [-0.39, 0.29) is 16.6 Å². The molecular weight excluding hydrogens is 342 g/mol. The van der Waals surface area contributed by atoms with Crippen LogP contribution in [0.1, 0.15) is 27.9 Å². The van der Waals surface area contributed by atoms with Gasteiger partial charge >= 0.3 is 0 Å². The fourth-order valence-corrected chi connectivity index (χ4v) is 3.55. The quantitative estimate of drug-likeness (QED) is 0.672. The molecule has 3 rings (SSSR count). The Labute approximate surface area is 143 Å². The van der Waals surface area contributed by atoms with E-state index in [1.54, 1.807) is 0 Å². The van der Waals surface area contributed by atoms with Crippen molar-refractivity contribution in [3.63, 3.8) is 0 Å². The van der Waals surface area contributed by atoms with Crippen LogP contribution in [0.15, 0.2) is 6.07 Å². The molecule has 1 unspecified atom stereocenters. The number of anilines is 1. The maximum Gasteiger partial charge on any atom is 0.224 e. The van der Waals surface area contributed by atoms with E-state index >= 15 is 0 Å². The first-order valence-electron chi connectivity index (χ1n) is 6.91. The third-order valence-electron chi connectivity index (χ3n) is 3.42. The molecule has 0 radical (unpaired) electrons. The minimum absolute atomic E-state index is 0.214. The number of aromatic nitrogens is 4. The van der Waals surface area contributed by atoms with Gasteiger partial charge in [0.2, 0.25) is 5.28 Å². The molecule has 1 aliphatic rings. The number of ether oxygens (including phenoxy) is 1. The molecule has 2 aromatic rings. The fraction of sp³-hybridized carbons (Fsp3) is 0.538. The number of hydrogen-bond donors (Lipinski definition) is 1. The lowest BCUT2D eigenvalue weighted by Crippen LogP contribution is -2.44. The van der Waals surface area contributed by atoms with Crippen molar-refractivity contribution in [1.29, 1.82) is 0 Å². The van der Waals surface area contributed by atoms with Crippen molar-refractivity contribution >= 4 is 41.4 Å².